The summed E-state index contributed by atoms with van der Waals surface area (Å²) in [7, 11) is 1.39. The van der Waals surface area contributed by atoms with E-state index in [9.17, 15) is 9.59 Å². The molecule has 1 fully saturated rings. The minimum absolute atomic E-state index is 0.183. The predicted octanol–water partition coefficient (Wildman–Crippen LogP) is 2.67. The summed E-state index contributed by atoms with van der Waals surface area (Å²) in [6, 6.07) is 7.48. The number of carbonyl (C=O) groups is 2. The average molecular weight is 275 g/mol. The largest absolute Gasteiger partial charge is 0.469 e. The van der Waals surface area contributed by atoms with Crippen LogP contribution in [0.2, 0.25) is 0 Å². The van der Waals surface area contributed by atoms with Crippen LogP contribution in [0.4, 0.5) is 5.69 Å². The number of carbonyl (C=O) groups excluding carboxylic acids is 2. The Labute approximate surface area is 119 Å². The summed E-state index contributed by atoms with van der Waals surface area (Å²) in [5, 5.41) is 0. The van der Waals surface area contributed by atoms with Crippen LogP contribution < -0.4 is 5.73 Å². The van der Waals surface area contributed by atoms with Gasteiger partial charge in [-0.1, -0.05) is 24.3 Å². The monoisotopic (exact) mass is 275 g/mol. The number of nitrogens with two attached hydrogens (primary N) is 1. The third kappa shape index (κ3) is 6.18. The first-order chi connectivity index (χ1) is 9.51. The standard InChI is InChI=1S/C10H13NO2.C6H8O/c1-13-10(12)7-4-8-2-5-9(11)6-3-8;1-5-2-3-6(7)4-5/h2-3,5-6H,4,7,11H2,1H3;1-4H2. The molecule has 0 aromatic heterocycles. The number of aryl methyl sites for hydroxylation is 1. The Bertz CT molecular complexity index is 463. The number of ether oxygens (including phenoxy) is 1. The van der Waals surface area contributed by atoms with Gasteiger partial charge in [-0.05, 0) is 30.5 Å². The van der Waals surface area contributed by atoms with Crippen molar-refractivity contribution in [3.05, 3.63) is 42.0 Å². The zero-order valence-electron chi connectivity index (χ0n) is 11.9. The van der Waals surface area contributed by atoms with Gasteiger partial charge in [-0.2, -0.15) is 0 Å². The van der Waals surface area contributed by atoms with E-state index in [-0.39, 0.29) is 5.97 Å². The molecule has 0 bridgehead atoms. The first kappa shape index (κ1) is 16.0. The van der Waals surface area contributed by atoms with Crippen molar-refractivity contribution in [2.75, 3.05) is 12.8 Å². The van der Waals surface area contributed by atoms with Crippen LogP contribution in [0.15, 0.2) is 36.4 Å². The van der Waals surface area contributed by atoms with Crippen LogP contribution in [0.25, 0.3) is 0 Å². The number of hydrogen-bond donors (Lipinski definition) is 1. The zero-order chi connectivity index (χ0) is 15.0. The van der Waals surface area contributed by atoms with Gasteiger partial charge in [-0.3, -0.25) is 9.59 Å². The summed E-state index contributed by atoms with van der Waals surface area (Å²) in [4.78, 5) is 21.2. The van der Waals surface area contributed by atoms with Gasteiger partial charge in [0, 0.05) is 24.9 Å². The molecule has 0 saturated heterocycles. The third-order valence-corrected chi connectivity index (χ3v) is 3.03. The van der Waals surface area contributed by atoms with E-state index < -0.39 is 0 Å². The quantitative estimate of drug-likeness (QED) is 0.523. The molecule has 0 heterocycles. The molecule has 1 aliphatic rings. The molecule has 0 radical (unpaired) electrons. The SMILES string of the molecule is C=C1CCC(=O)C1.COC(=O)CCc1ccc(N)cc1. The van der Waals surface area contributed by atoms with Gasteiger partial charge in [0.25, 0.3) is 0 Å². The van der Waals surface area contributed by atoms with Crippen LogP contribution in [0.3, 0.4) is 0 Å². The Hall–Kier alpha value is -2.10. The number of hydrogen-bond acceptors (Lipinski definition) is 4. The average Bonchev–Trinajstić information content (AvgIpc) is 2.82. The van der Waals surface area contributed by atoms with Crippen LogP contribution in [-0.2, 0) is 20.7 Å². The van der Waals surface area contributed by atoms with Gasteiger partial charge in [0.05, 0.1) is 7.11 Å². The van der Waals surface area contributed by atoms with Crippen molar-refractivity contribution < 1.29 is 14.3 Å². The molecule has 108 valence electrons. The summed E-state index contributed by atoms with van der Waals surface area (Å²) in [6.45, 7) is 3.68. The van der Waals surface area contributed by atoms with Gasteiger partial charge < -0.3 is 10.5 Å². The van der Waals surface area contributed by atoms with Crippen LogP contribution in [-0.4, -0.2) is 18.9 Å². The summed E-state index contributed by atoms with van der Waals surface area (Å²) in [5.41, 5.74) is 8.45. The number of rotatable bonds is 3. The molecule has 0 aliphatic heterocycles. The van der Waals surface area contributed by atoms with Crippen molar-refractivity contribution in [2.24, 2.45) is 0 Å². The summed E-state index contributed by atoms with van der Waals surface area (Å²) in [5.74, 6) is 0.168. The maximum atomic E-state index is 10.8. The molecule has 1 saturated carbocycles. The summed E-state index contributed by atoms with van der Waals surface area (Å²) < 4.78 is 4.53. The van der Waals surface area contributed by atoms with Crippen LogP contribution in [0.1, 0.15) is 31.2 Å². The maximum Gasteiger partial charge on any atom is 0.305 e. The lowest BCUT2D eigenvalue weighted by molar-refractivity contribution is -0.140. The van der Waals surface area contributed by atoms with Crippen molar-refractivity contribution in [3.63, 3.8) is 0 Å². The Morgan fingerprint density at radius 1 is 1.30 bits per heavy atom. The fraction of sp³-hybridized carbons (Fsp3) is 0.375. The van der Waals surface area contributed by atoms with E-state index in [2.05, 4.69) is 11.3 Å². The van der Waals surface area contributed by atoms with E-state index in [0.29, 0.717) is 25.0 Å². The smallest absolute Gasteiger partial charge is 0.305 e. The number of nitrogen functional groups attached to an aromatic ring is 1. The van der Waals surface area contributed by atoms with Crippen molar-refractivity contribution >= 4 is 17.4 Å². The van der Waals surface area contributed by atoms with Crippen molar-refractivity contribution in [2.45, 2.75) is 32.1 Å². The molecule has 2 rings (SSSR count). The molecule has 1 aromatic carbocycles. The first-order valence-electron chi connectivity index (χ1n) is 6.61. The number of Topliss-reactive ketones (excluding diaryl/α,β-unsaturated/α-hetero) is 1. The van der Waals surface area contributed by atoms with E-state index in [4.69, 9.17) is 5.73 Å². The van der Waals surface area contributed by atoms with Crippen LogP contribution in [0.5, 0.6) is 0 Å². The van der Waals surface area contributed by atoms with E-state index in [1.54, 1.807) is 0 Å². The van der Waals surface area contributed by atoms with Crippen LogP contribution in [0, 0.1) is 0 Å². The number of methoxy groups -OCH3 is 1. The third-order valence-electron chi connectivity index (χ3n) is 3.03. The molecule has 1 aromatic rings. The molecule has 1 aliphatic carbocycles. The Kier molecular flexibility index (Phi) is 6.50. The fourth-order valence-electron chi connectivity index (χ4n) is 1.80. The molecular formula is C16H21NO3. The fourth-order valence-corrected chi connectivity index (χ4v) is 1.80. The highest BCUT2D eigenvalue weighted by molar-refractivity contribution is 5.83. The highest BCUT2D eigenvalue weighted by atomic mass is 16.5. The van der Waals surface area contributed by atoms with Gasteiger partial charge in [0.15, 0.2) is 0 Å². The van der Waals surface area contributed by atoms with Gasteiger partial charge in [-0.25, -0.2) is 0 Å². The highest BCUT2D eigenvalue weighted by Gasteiger charge is 2.11. The normalized spacial score (nSPS) is 13.7. The number of allylic oxidation sites excluding steroid dienone is 1. The Morgan fingerprint density at radius 2 is 1.95 bits per heavy atom. The molecule has 4 heteroatoms. The van der Waals surface area contributed by atoms with Gasteiger partial charge in [0.2, 0.25) is 0 Å². The lowest BCUT2D eigenvalue weighted by atomic mass is 10.1. The van der Waals surface area contributed by atoms with E-state index in [0.717, 1.165) is 29.7 Å². The van der Waals surface area contributed by atoms with Gasteiger partial charge >= 0.3 is 5.97 Å². The molecule has 4 nitrogen and oxygen atoms in total. The molecule has 0 atom stereocenters. The van der Waals surface area contributed by atoms with Crippen molar-refractivity contribution in [1.29, 1.82) is 0 Å². The number of ketones is 1. The number of benzene rings is 1. The van der Waals surface area contributed by atoms with E-state index in [1.165, 1.54) is 7.11 Å². The maximum absolute atomic E-state index is 10.8. The van der Waals surface area contributed by atoms with Crippen molar-refractivity contribution in [3.8, 4) is 0 Å². The molecule has 0 spiro atoms. The van der Waals surface area contributed by atoms with E-state index >= 15 is 0 Å². The van der Waals surface area contributed by atoms with Gasteiger partial charge in [-0.15, -0.1) is 0 Å². The lowest BCUT2D eigenvalue weighted by Crippen LogP contribution is -2.01. The Balaban J connectivity index is 0.000000240. The van der Waals surface area contributed by atoms with E-state index in [1.807, 2.05) is 24.3 Å². The van der Waals surface area contributed by atoms with Crippen molar-refractivity contribution in [1.82, 2.24) is 0 Å². The Morgan fingerprint density at radius 3 is 2.35 bits per heavy atom. The second-order valence-corrected chi connectivity index (χ2v) is 4.78. The predicted molar refractivity (Wildman–Crippen MR) is 79.2 cm³/mol. The highest BCUT2D eigenvalue weighted by Crippen LogP contribution is 2.17. The lowest BCUT2D eigenvalue weighted by Gasteiger charge is -2.00. The summed E-state index contributed by atoms with van der Waals surface area (Å²) >= 11 is 0. The second-order valence-electron chi connectivity index (χ2n) is 4.78. The second kappa shape index (κ2) is 8.15. The molecule has 0 unspecified atom stereocenters. The first-order valence-corrected chi connectivity index (χ1v) is 6.61. The number of anilines is 1. The summed E-state index contributed by atoms with van der Waals surface area (Å²) in [6.07, 6.45) is 3.42. The zero-order valence-corrected chi connectivity index (χ0v) is 11.9. The molecule has 20 heavy (non-hydrogen) atoms. The van der Waals surface area contributed by atoms with Crippen LogP contribution >= 0.6 is 0 Å². The minimum atomic E-state index is -0.183. The minimum Gasteiger partial charge on any atom is -0.469 e. The van der Waals surface area contributed by atoms with Gasteiger partial charge in [0.1, 0.15) is 5.78 Å². The molecule has 2 N–H and O–H groups in total. The molecule has 0 amide bonds. The molecular weight excluding hydrogens is 254 g/mol. The topological polar surface area (TPSA) is 69.4 Å². The number of esters is 1.